The van der Waals surface area contributed by atoms with Crippen molar-refractivity contribution in [1.29, 1.82) is 0 Å². The zero-order chi connectivity index (χ0) is 20.2. The monoisotopic (exact) mass is 392 g/mol. The SMILES string of the molecule is c1ccc(C2=NNC(c3ccc(-c4nnc(-c5ccccc5)nn4)cc3)=NN2)cc1. The molecule has 30 heavy (non-hydrogen) atoms. The van der Waals surface area contributed by atoms with Gasteiger partial charge in [0.1, 0.15) is 0 Å². The van der Waals surface area contributed by atoms with Crippen LogP contribution in [0.15, 0.2) is 95.1 Å². The maximum absolute atomic E-state index is 4.37. The van der Waals surface area contributed by atoms with Crippen molar-refractivity contribution >= 4 is 11.7 Å². The van der Waals surface area contributed by atoms with Crippen LogP contribution in [0.5, 0.6) is 0 Å². The van der Waals surface area contributed by atoms with Crippen LogP contribution in [0.3, 0.4) is 0 Å². The fraction of sp³-hybridized carbons (Fsp3) is 0. The van der Waals surface area contributed by atoms with Gasteiger partial charge in [-0.15, -0.1) is 20.4 Å². The smallest absolute Gasteiger partial charge is 0.203 e. The lowest BCUT2D eigenvalue weighted by Gasteiger charge is -2.15. The molecule has 0 atom stereocenters. The second kappa shape index (κ2) is 7.88. The van der Waals surface area contributed by atoms with Gasteiger partial charge in [-0.2, -0.15) is 10.2 Å². The molecule has 0 bridgehead atoms. The molecule has 0 saturated carbocycles. The van der Waals surface area contributed by atoms with Crippen LogP contribution in [0.1, 0.15) is 11.1 Å². The van der Waals surface area contributed by atoms with Crippen molar-refractivity contribution in [3.63, 3.8) is 0 Å². The molecular formula is C22H16N8. The van der Waals surface area contributed by atoms with Gasteiger partial charge in [0.25, 0.3) is 0 Å². The van der Waals surface area contributed by atoms with Gasteiger partial charge in [0.15, 0.2) is 11.7 Å². The Morgan fingerprint density at radius 2 is 0.767 bits per heavy atom. The molecule has 4 aromatic rings. The van der Waals surface area contributed by atoms with Gasteiger partial charge in [0.05, 0.1) is 0 Å². The van der Waals surface area contributed by atoms with E-state index in [9.17, 15) is 0 Å². The van der Waals surface area contributed by atoms with E-state index >= 15 is 0 Å². The Morgan fingerprint density at radius 1 is 0.400 bits per heavy atom. The van der Waals surface area contributed by atoms with Gasteiger partial charge in [-0.05, 0) is 0 Å². The van der Waals surface area contributed by atoms with E-state index in [1.54, 1.807) is 0 Å². The minimum absolute atomic E-state index is 0.460. The van der Waals surface area contributed by atoms with Gasteiger partial charge in [-0.25, -0.2) is 0 Å². The highest BCUT2D eigenvalue weighted by atomic mass is 15.5. The second-order valence-corrected chi connectivity index (χ2v) is 6.50. The molecule has 3 aromatic carbocycles. The topological polar surface area (TPSA) is 100 Å². The fourth-order valence-electron chi connectivity index (χ4n) is 2.95. The van der Waals surface area contributed by atoms with Crippen LogP contribution in [-0.2, 0) is 0 Å². The molecule has 5 rings (SSSR count). The van der Waals surface area contributed by atoms with Crippen molar-refractivity contribution in [2.45, 2.75) is 0 Å². The number of amidine groups is 2. The number of nitrogens with one attached hydrogen (secondary N) is 2. The van der Waals surface area contributed by atoms with E-state index in [0.717, 1.165) is 22.3 Å². The summed E-state index contributed by atoms with van der Waals surface area (Å²) in [5, 5.41) is 25.5. The third kappa shape index (κ3) is 3.61. The summed E-state index contributed by atoms with van der Waals surface area (Å²) in [6.07, 6.45) is 0. The molecule has 0 fully saturated rings. The van der Waals surface area contributed by atoms with Crippen LogP contribution >= 0.6 is 0 Å². The lowest BCUT2D eigenvalue weighted by molar-refractivity contribution is 0.875. The molecular weight excluding hydrogens is 376 g/mol. The average Bonchev–Trinajstić information content (AvgIpc) is 2.85. The van der Waals surface area contributed by atoms with Crippen LogP contribution in [0.2, 0.25) is 0 Å². The largest absolute Gasteiger partial charge is 0.257 e. The van der Waals surface area contributed by atoms with E-state index in [-0.39, 0.29) is 0 Å². The normalized spacial score (nSPS) is 12.9. The molecule has 0 saturated heterocycles. The van der Waals surface area contributed by atoms with Crippen molar-refractivity contribution in [2.75, 3.05) is 0 Å². The van der Waals surface area contributed by atoms with Gasteiger partial charge in [0.2, 0.25) is 11.6 Å². The number of rotatable bonds is 4. The van der Waals surface area contributed by atoms with Gasteiger partial charge in [0, 0.05) is 22.3 Å². The Kier molecular flexibility index (Phi) is 4.63. The van der Waals surface area contributed by atoms with Crippen LogP contribution in [0.4, 0.5) is 0 Å². The summed E-state index contributed by atoms with van der Waals surface area (Å²) < 4.78 is 0. The number of aromatic nitrogens is 4. The first-order valence-electron chi connectivity index (χ1n) is 9.33. The molecule has 0 radical (unpaired) electrons. The molecule has 0 amide bonds. The van der Waals surface area contributed by atoms with Crippen molar-refractivity contribution in [3.05, 3.63) is 96.1 Å². The Bertz CT molecular complexity index is 1200. The van der Waals surface area contributed by atoms with Crippen LogP contribution < -0.4 is 10.9 Å². The molecule has 0 aliphatic carbocycles. The van der Waals surface area contributed by atoms with Gasteiger partial charge >= 0.3 is 0 Å². The van der Waals surface area contributed by atoms with E-state index in [1.165, 1.54) is 0 Å². The molecule has 0 spiro atoms. The molecule has 1 aliphatic rings. The van der Waals surface area contributed by atoms with E-state index < -0.39 is 0 Å². The summed E-state index contributed by atoms with van der Waals surface area (Å²) in [6.45, 7) is 0. The minimum atomic E-state index is 0.460. The van der Waals surface area contributed by atoms with E-state index in [4.69, 9.17) is 0 Å². The maximum Gasteiger partial charge on any atom is 0.203 e. The maximum atomic E-state index is 4.37. The molecule has 8 nitrogen and oxygen atoms in total. The average molecular weight is 392 g/mol. The quantitative estimate of drug-likeness (QED) is 0.554. The number of hydrogen-bond donors (Lipinski definition) is 2. The Labute approximate surface area is 172 Å². The van der Waals surface area contributed by atoms with E-state index in [0.29, 0.717) is 23.3 Å². The summed E-state index contributed by atoms with van der Waals surface area (Å²) in [5.74, 6) is 2.25. The molecule has 2 N–H and O–H groups in total. The highest BCUT2D eigenvalue weighted by Gasteiger charge is 2.12. The third-order valence-electron chi connectivity index (χ3n) is 4.52. The molecule has 2 heterocycles. The second-order valence-electron chi connectivity index (χ2n) is 6.50. The van der Waals surface area contributed by atoms with Crippen LogP contribution in [0, 0.1) is 0 Å². The first-order chi connectivity index (χ1) is 14.9. The van der Waals surface area contributed by atoms with Gasteiger partial charge in [-0.3, -0.25) is 10.9 Å². The first-order valence-corrected chi connectivity index (χ1v) is 9.33. The van der Waals surface area contributed by atoms with Crippen molar-refractivity contribution < 1.29 is 0 Å². The number of hydrogen-bond acceptors (Lipinski definition) is 8. The Morgan fingerprint density at radius 3 is 1.23 bits per heavy atom. The van der Waals surface area contributed by atoms with Gasteiger partial charge in [-0.1, -0.05) is 84.9 Å². The standard InChI is InChI=1S/C22H16N8/c1-3-7-15(8-4-1)19-23-27-21(28-24-19)17-11-13-18(14-12-17)22-29-25-20(26-30-22)16-9-5-2-6-10-16/h1-14H,(H,23,24)(H,27,28). The summed E-state index contributed by atoms with van der Waals surface area (Å²) in [6, 6.07) is 27.1. The zero-order valence-electron chi connectivity index (χ0n) is 15.8. The highest BCUT2D eigenvalue weighted by molar-refractivity contribution is 6.06. The molecule has 0 unspecified atom stereocenters. The summed E-state index contributed by atoms with van der Waals surface area (Å²) in [4.78, 5) is 0. The molecule has 1 aliphatic heterocycles. The fourth-order valence-corrected chi connectivity index (χ4v) is 2.95. The van der Waals surface area contributed by atoms with E-state index in [2.05, 4.69) is 41.4 Å². The lowest BCUT2D eigenvalue weighted by Crippen LogP contribution is -2.34. The predicted molar refractivity (Wildman–Crippen MR) is 114 cm³/mol. The van der Waals surface area contributed by atoms with Crippen molar-refractivity contribution in [2.24, 2.45) is 10.2 Å². The predicted octanol–water partition coefficient (Wildman–Crippen LogP) is 2.82. The van der Waals surface area contributed by atoms with Crippen LogP contribution in [0.25, 0.3) is 22.8 Å². The number of hydrazone groups is 2. The summed E-state index contributed by atoms with van der Waals surface area (Å²) >= 11 is 0. The molecule has 8 heteroatoms. The van der Waals surface area contributed by atoms with Crippen LogP contribution in [-0.4, -0.2) is 32.1 Å². The highest BCUT2D eigenvalue weighted by Crippen LogP contribution is 2.17. The minimum Gasteiger partial charge on any atom is -0.257 e. The number of benzene rings is 3. The first kappa shape index (κ1) is 17.6. The summed E-state index contributed by atoms with van der Waals surface area (Å²) in [5.41, 5.74) is 9.50. The number of nitrogens with zero attached hydrogens (tertiary/aromatic N) is 6. The van der Waals surface area contributed by atoms with E-state index in [1.807, 2.05) is 84.9 Å². The Hall–Kier alpha value is -4.46. The zero-order valence-corrected chi connectivity index (χ0v) is 15.8. The Balaban J connectivity index is 1.30. The lowest BCUT2D eigenvalue weighted by atomic mass is 10.1. The molecule has 144 valence electrons. The summed E-state index contributed by atoms with van der Waals surface area (Å²) in [7, 11) is 0. The van der Waals surface area contributed by atoms with Crippen molar-refractivity contribution in [1.82, 2.24) is 31.2 Å². The molecule has 1 aromatic heterocycles. The van der Waals surface area contributed by atoms with Gasteiger partial charge < -0.3 is 0 Å². The van der Waals surface area contributed by atoms with Crippen molar-refractivity contribution in [3.8, 4) is 22.8 Å². The third-order valence-corrected chi connectivity index (χ3v) is 4.52.